The van der Waals surface area contributed by atoms with Gasteiger partial charge in [-0.05, 0) is 49.2 Å². The summed E-state index contributed by atoms with van der Waals surface area (Å²) < 4.78 is 19.1. The number of hydrogen-bond donors (Lipinski definition) is 2. The third kappa shape index (κ3) is 4.29. The van der Waals surface area contributed by atoms with E-state index in [1.807, 2.05) is 0 Å². The van der Waals surface area contributed by atoms with Gasteiger partial charge in [-0.1, -0.05) is 0 Å². The SMILES string of the molecule is NC(=O)c1cc(OC2CCCN(C(=O)c3cc(-c4ccc(F)cc4)n[nH]3)C2)ccn1. The summed E-state index contributed by atoms with van der Waals surface area (Å²) in [7, 11) is 0. The van der Waals surface area contributed by atoms with Gasteiger partial charge in [0, 0.05) is 24.4 Å². The van der Waals surface area contributed by atoms with Crippen molar-refractivity contribution in [2.45, 2.75) is 18.9 Å². The molecule has 1 unspecified atom stereocenters. The maximum Gasteiger partial charge on any atom is 0.272 e. The number of aromatic amines is 1. The quantitative estimate of drug-likeness (QED) is 0.672. The Morgan fingerprint density at radius 1 is 1.20 bits per heavy atom. The molecule has 9 heteroatoms. The third-order valence-electron chi connectivity index (χ3n) is 4.90. The molecule has 0 aliphatic carbocycles. The number of rotatable bonds is 5. The van der Waals surface area contributed by atoms with E-state index in [0.29, 0.717) is 30.2 Å². The van der Waals surface area contributed by atoms with Gasteiger partial charge >= 0.3 is 0 Å². The lowest BCUT2D eigenvalue weighted by molar-refractivity contribution is 0.0532. The molecule has 8 nitrogen and oxygen atoms in total. The molecule has 1 atom stereocenters. The number of hydrogen-bond acceptors (Lipinski definition) is 5. The van der Waals surface area contributed by atoms with E-state index in [1.54, 1.807) is 29.2 Å². The Morgan fingerprint density at radius 3 is 2.77 bits per heavy atom. The van der Waals surface area contributed by atoms with Crippen LogP contribution in [0.25, 0.3) is 11.3 Å². The van der Waals surface area contributed by atoms with Crippen LogP contribution in [0.15, 0.2) is 48.7 Å². The normalized spacial score (nSPS) is 16.3. The highest BCUT2D eigenvalue weighted by Gasteiger charge is 2.27. The molecular formula is C21H20FN5O3. The van der Waals surface area contributed by atoms with Crippen molar-refractivity contribution < 1.29 is 18.7 Å². The van der Waals surface area contributed by atoms with Crippen LogP contribution in [0.2, 0.25) is 0 Å². The molecule has 1 aliphatic heterocycles. The number of piperidine rings is 1. The summed E-state index contributed by atoms with van der Waals surface area (Å²) in [6, 6.07) is 10.7. The zero-order valence-electron chi connectivity index (χ0n) is 16.0. The minimum atomic E-state index is -0.628. The average molecular weight is 409 g/mol. The van der Waals surface area contributed by atoms with Crippen molar-refractivity contribution >= 4 is 11.8 Å². The summed E-state index contributed by atoms with van der Waals surface area (Å²) in [5, 5.41) is 6.93. The fourth-order valence-corrected chi connectivity index (χ4v) is 3.40. The predicted octanol–water partition coefficient (Wildman–Crippen LogP) is 2.39. The standard InChI is InChI=1S/C21H20FN5O3/c22-14-5-3-13(4-6-14)17-11-19(26-25-17)21(29)27-9-1-2-16(12-27)30-15-7-8-24-18(10-15)20(23)28/h3-8,10-11,16H,1-2,9,12H2,(H2,23,28)(H,25,26). The van der Waals surface area contributed by atoms with Gasteiger partial charge in [-0.15, -0.1) is 0 Å². The second kappa shape index (κ2) is 8.32. The fraction of sp³-hybridized carbons (Fsp3) is 0.238. The highest BCUT2D eigenvalue weighted by Crippen LogP contribution is 2.22. The van der Waals surface area contributed by atoms with Gasteiger partial charge in [0.25, 0.3) is 11.8 Å². The number of benzene rings is 1. The van der Waals surface area contributed by atoms with Gasteiger partial charge in [0.05, 0.1) is 12.2 Å². The first-order valence-electron chi connectivity index (χ1n) is 9.53. The molecule has 4 rings (SSSR count). The van der Waals surface area contributed by atoms with Gasteiger partial charge in [0.1, 0.15) is 29.1 Å². The Kier molecular flexibility index (Phi) is 5.42. The summed E-state index contributed by atoms with van der Waals surface area (Å²) in [5.74, 6) is -0.658. The second-order valence-corrected chi connectivity index (χ2v) is 7.05. The van der Waals surface area contributed by atoms with Crippen LogP contribution in [-0.2, 0) is 0 Å². The van der Waals surface area contributed by atoms with Crippen molar-refractivity contribution in [2.24, 2.45) is 5.73 Å². The molecule has 3 heterocycles. The van der Waals surface area contributed by atoms with Crippen LogP contribution >= 0.6 is 0 Å². The lowest BCUT2D eigenvalue weighted by Crippen LogP contribution is -2.44. The number of halogens is 1. The molecule has 0 spiro atoms. The first kappa shape index (κ1) is 19.6. The summed E-state index contributed by atoms with van der Waals surface area (Å²) >= 11 is 0. The van der Waals surface area contributed by atoms with Crippen LogP contribution in [-0.4, -0.2) is 51.1 Å². The fourth-order valence-electron chi connectivity index (χ4n) is 3.40. The van der Waals surface area contributed by atoms with Crippen molar-refractivity contribution in [1.29, 1.82) is 0 Å². The molecule has 3 aromatic rings. The lowest BCUT2D eigenvalue weighted by atomic mass is 10.1. The first-order valence-corrected chi connectivity index (χ1v) is 9.53. The van der Waals surface area contributed by atoms with E-state index in [1.165, 1.54) is 24.4 Å². The Morgan fingerprint density at radius 2 is 2.00 bits per heavy atom. The molecule has 1 aliphatic rings. The molecular weight excluding hydrogens is 389 g/mol. The van der Waals surface area contributed by atoms with E-state index in [0.717, 1.165) is 18.4 Å². The Hall–Kier alpha value is -3.75. The highest BCUT2D eigenvalue weighted by molar-refractivity contribution is 5.93. The van der Waals surface area contributed by atoms with Gasteiger partial charge in [-0.25, -0.2) is 4.39 Å². The molecule has 1 saturated heterocycles. The number of carbonyl (C=O) groups excluding carboxylic acids is 2. The summed E-state index contributed by atoms with van der Waals surface area (Å²) in [5.41, 5.74) is 7.02. The van der Waals surface area contributed by atoms with Gasteiger partial charge in [-0.3, -0.25) is 19.7 Å². The van der Waals surface area contributed by atoms with Crippen molar-refractivity contribution in [3.8, 4) is 17.0 Å². The number of nitrogens with two attached hydrogens (primary N) is 1. The van der Waals surface area contributed by atoms with Crippen LogP contribution in [0, 0.1) is 5.82 Å². The van der Waals surface area contributed by atoms with E-state index in [4.69, 9.17) is 10.5 Å². The van der Waals surface area contributed by atoms with Gasteiger partial charge in [0.15, 0.2) is 0 Å². The number of H-pyrrole nitrogens is 1. The van der Waals surface area contributed by atoms with Gasteiger partial charge in [0.2, 0.25) is 0 Å². The number of primary amides is 1. The van der Waals surface area contributed by atoms with Crippen LogP contribution in [0.5, 0.6) is 5.75 Å². The second-order valence-electron chi connectivity index (χ2n) is 7.05. The maximum absolute atomic E-state index is 13.1. The number of likely N-dealkylation sites (tertiary alicyclic amines) is 1. The van der Waals surface area contributed by atoms with Gasteiger partial charge in [-0.2, -0.15) is 5.10 Å². The number of aromatic nitrogens is 3. The Bertz CT molecular complexity index is 1070. The number of carbonyl (C=O) groups is 2. The number of ether oxygens (including phenoxy) is 1. The van der Waals surface area contributed by atoms with E-state index in [9.17, 15) is 14.0 Å². The smallest absolute Gasteiger partial charge is 0.272 e. The summed E-state index contributed by atoms with van der Waals surface area (Å²) in [6.45, 7) is 1.00. The third-order valence-corrected chi connectivity index (χ3v) is 4.90. The molecule has 2 aromatic heterocycles. The number of pyridine rings is 1. The Balaban J connectivity index is 1.43. The summed E-state index contributed by atoms with van der Waals surface area (Å²) in [6.07, 6.45) is 2.80. The first-order chi connectivity index (χ1) is 14.5. The molecule has 2 amide bonds. The molecule has 3 N–H and O–H groups in total. The van der Waals surface area contributed by atoms with Crippen LogP contribution in [0.1, 0.15) is 33.8 Å². The van der Waals surface area contributed by atoms with Crippen molar-refractivity contribution in [3.05, 3.63) is 65.9 Å². The average Bonchev–Trinajstić information content (AvgIpc) is 3.24. The van der Waals surface area contributed by atoms with E-state index in [-0.39, 0.29) is 23.5 Å². The minimum Gasteiger partial charge on any atom is -0.488 e. The van der Waals surface area contributed by atoms with E-state index >= 15 is 0 Å². The van der Waals surface area contributed by atoms with Crippen molar-refractivity contribution in [1.82, 2.24) is 20.1 Å². The number of amides is 2. The zero-order valence-corrected chi connectivity index (χ0v) is 16.0. The lowest BCUT2D eigenvalue weighted by Gasteiger charge is -2.32. The molecule has 1 fully saturated rings. The summed E-state index contributed by atoms with van der Waals surface area (Å²) in [4.78, 5) is 29.8. The number of nitrogens with zero attached hydrogens (tertiary/aromatic N) is 3. The van der Waals surface area contributed by atoms with Crippen LogP contribution in [0.3, 0.4) is 0 Å². The predicted molar refractivity (Wildman–Crippen MR) is 106 cm³/mol. The number of nitrogens with one attached hydrogen (secondary N) is 1. The van der Waals surface area contributed by atoms with E-state index in [2.05, 4.69) is 15.2 Å². The van der Waals surface area contributed by atoms with Crippen molar-refractivity contribution in [3.63, 3.8) is 0 Å². The molecule has 154 valence electrons. The monoisotopic (exact) mass is 409 g/mol. The molecule has 0 bridgehead atoms. The maximum atomic E-state index is 13.1. The van der Waals surface area contributed by atoms with Crippen LogP contribution in [0.4, 0.5) is 4.39 Å². The zero-order chi connectivity index (χ0) is 21.1. The Labute approximate surface area is 171 Å². The minimum absolute atomic E-state index is 0.127. The topological polar surface area (TPSA) is 114 Å². The highest BCUT2D eigenvalue weighted by atomic mass is 19.1. The largest absolute Gasteiger partial charge is 0.488 e. The molecule has 30 heavy (non-hydrogen) atoms. The molecule has 1 aromatic carbocycles. The molecule has 0 radical (unpaired) electrons. The molecule has 0 saturated carbocycles. The van der Waals surface area contributed by atoms with Gasteiger partial charge < -0.3 is 15.4 Å². The van der Waals surface area contributed by atoms with Crippen molar-refractivity contribution in [2.75, 3.05) is 13.1 Å². The van der Waals surface area contributed by atoms with Crippen LogP contribution < -0.4 is 10.5 Å². The van der Waals surface area contributed by atoms with E-state index < -0.39 is 5.91 Å².